The molecule has 0 heterocycles. The largest absolute Gasteiger partial charge is 0.0874 e. The predicted molar refractivity (Wildman–Crippen MR) is 112 cm³/mol. The van der Waals surface area contributed by atoms with E-state index < -0.39 is 0 Å². The van der Waals surface area contributed by atoms with Crippen LogP contribution in [0.5, 0.6) is 0 Å². The summed E-state index contributed by atoms with van der Waals surface area (Å²) in [7, 11) is 0. The lowest BCUT2D eigenvalue weighted by atomic mass is 9.91. The molecule has 0 saturated carbocycles. The van der Waals surface area contributed by atoms with Gasteiger partial charge in [0.15, 0.2) is 0 Å². The summed E-state index contributed by atoms with van der Waals surface area (Å²) in [6.07, 6.45) is 4.28. The molecule has 4 rings (SSSR count). The first kappa shape index (κ1) is 15.7. The first-order valence-electron chi connectivity index (χ1n) is 8.84. The standard InChI is InChI=1S/C25H22/c1-4-9-17(2)18(3)19-14-15-24-22-12-6-5-10-20(22)21-11-7-8-13-23(21)25(24)16-19/h4-16H,1-3H3. The van der Waals surface area contributed by atoms with Crippen molar-refractivity contribution in [1.82, 2.24) is 0 Å². The second-order valence-electron chi connectivity index (χ2n) is 6.66. The van der Waals surface area contributed by atoms with Gasteiger partial charge < -0.3 is 0 Å². The molecule has 0 amide bonds. The van der Waals surface area contributed by atoms with Gasteiger partial charge in [0.2, 0.25) is 0 Å². The smallest absolute Gasteiger partial charge is 0.00929 e. The van der Waals surface area contributed by atoms with Gasteiger partial charge in [0.1, 0.15) is 0 Å². The number of benzene rings is 4. The third-order valence-electron chi connectivity index (χ3n) is 5.19. The Morgan fingerprint density at radius 2 is 1.12 bits per heavy atom. The lowest BCUT2D eigenvalue weighted by molar-refractivity contribution is 1.46. The molecule has 25 heavy (non-hydrogen) atoms. The van der Waals surface area contributed by atoms with Crippen LogP contribution in [-0.2, 0) is 0 Å². The van der Waals surface area contributed by atoms with Crippen LogP contribution in [0.25, 0.3) is 37.9 Å². The molecule has 0 radical (unpaired) electrons. The van der Waals surface area contributed by atoms with E-state index in [1.54, 1.807) is 0 Å². The number of hydrogen-bond acceptors (Lipinski definition) is 0. The highest BCUT2D eigenvalue weighted by atomic mass is 14.1. The highest BCUT2D eigenvalue weighted by Gasteiger charge is 2.09. The molecule has 0 heteroatoms. The van der Waals surface area contributed by atoms with E-state index >= 15 is 0 Å². The molecule has 0 fully saturated rings. The van der Waals surface area contributed by atoms with E-state index in [2.05, 4.69) is 99.7 Å². The highest BCUT2D eigenvalue weighted by molar-refractivity contribution is 6.25. The van der Waals surface area contributed by atoms with E-state index in [1.807, 2.05) is 0 Å². The lowest BCUT2D eigenvalue weighted by Crippen LogP contribution is -1.87. The second-order valence-corrected chi connectivity index (χ2v) is 6.66. The van der Waals surface area contributed by atoms with Crippen molar-refractivity contribution in [3.63, 3.8) is 0 Å². The zero-order chi connectivity index (χ0) is 17.4. The van der Waals surface area contributed by atoms with Crippen LogP contribution in [0.3, 0.4) is 0 Å². The third-order valence-corrected chi connectivity index (χ3v) is 5.19. The van der Waals surface area contributed by atoms with E-state index in [9.17, 15) is 0 Å². The molecule has 0 aromatic heterocycles. The summed E-state index contributed by atoms with van der Waals surface area (Å²) in [5.41, 5.74) is 3.94. The second kappa shape index (κ2) is 6.22. The van der Waals surface area contributed by atoms with Crippen molar-refractivity contribution in [1.29, 1.82) is 0 Å². The van der Waals surface area contributed by atoms with Crippen molar-refractivity contribution >= 4 is 37.9 Å². The average Bonchev–Trinajstić information content (AvgIpc) is 2.67. The molecule has 0 nitrogen and oxygen atoms in total. The summed E-state index contributed by atoms with van der Waals surface area (Å²) in [5.74, 6) is 0. The van der Waals surface area contributed by atoms with Crippen LogP contribution in [0.15, 0.2) is 84.5 Å². The lowest BCUT2D eigenvalue weighted by Gasteiger charge is -2.12. The summed E-state index contributed by atoms with van der Waals surface area (Å²) >= 11 is 0. The monoisotopic (exact) mass is 322 g/mol. The van der Waals surface area contributed by atoms with Crippen LogP contribution >= 0.6 is 0 Å². The van der Waals surface area contributed by atoms with Gasteiger partial charge in [0.25, 0.3) is 0 Å². The van der Waals surface area contributed by atoms with Gasteiger partial charge in [0, 0.05) is 0 Å². The van der Waals surface area contributed by atoms with Gasteiger partial charge in [-0.15, -0.1) is 0 Å². The van der Waals surface area contributed by atoms with Crippen molar-refractivity contribution in [2.24, 2.45) is 0 Å². The Kier molecular flexibility index (Phi) is 3.89. The highest BCUT2D eigenvalue weighted by Crippen LogP contribution is 2.36. The Bertz CT molecular complexity index is 1120. The quantitative estimate of drug-likeness (QED) is 0.264. The Labute approximate surface area is 149 Å². The van der Waals surface area contributed by atoms with Crippen LogP contribution in [0.1, 0.15) is 26.3 Å². The van der Waals surface area contributed by atoms with Crippen molar-refractivity contribution in [2.75, 3.05) is 0 Å². The fraction of sp³-hybridized carbons (Fsp3) is 0.120. The summed E-state index contributed by atoms with van der Waals surface area (Å²) in [4.78, 5) is 0. The van der Waals surface area contributed by atoms with E-state index in [1.165, 1.54) is 49.0 Å². The zero-order valence-corrected chi connectivity index (χ0v) is 15.0. The first-order valence-corrected chi connectivity index (χ1v) is 8.84. The molecule has 0 N–H and O–H groups in total. The van der Waals surface area contributed by atoms with Crippen LogP contribution in [0, 0.1) is 0 Å². The van der Waals surface area contributed by atoms with Crippen molar-refractivity contribution < 1.29 is 0 Å². The van der Waals surface area contributed by atoms with E-state index in [-0.39, 0.29) is 0 Å². The predicted octanol–water partition coefficient (Wildman–Crippen LogP) is 7.52. The van der Waals surface area contributed by atoms with Crippen molar-refractivity contribution in [3.8, 4) is 0 Å². The molecule has 4 aromatic rings. The van der Waals surface area contributed by atoms with Gasteiger partial charge >= 0.3 is 0 Å². The van der Waals surface area contributed by atoms with E-state index in [4.69, 9.17) is 0 Å². The topological polar surface area (TPSA) is 0 Å². The fourth-order valence-electron chi connectivity index (χ4n) is 3.74. The molecule has 4 aromatic carbocycles. The zero-order valence-electron chi connectivity index (χ0n) is 15.0. The SMILES string of the molecule is CC=CC(C)=C(C)c1ccc2c3ccccc3c3ccccc3c2c1. The maximum Gasteiger partial charge on any atom is -0.00929 e. The molecule has 0 bridgehead atoms. The molecule has 0 aliphatic carbocycles. The molecule has 0 spiro atoms. The molecule has 0 unspecified atom stereocenters. The van der Waals surface area contributed by atoms with Gasteiger partial charge in [-0.05, 0) is 75.9 Å². The molecule has 0 atom stereocenters. The number of rotatable bonds is 2. The summed E-state index contributed by atoms with van der Waals surface area (Å²) in [6, 6.07) is 24.4. The number of hydrogen-bond donors (Lipinski definition) is 0. The molecule has 0 aliphatic rings. The minimum atomic E-state index is 1.29. The molecular formula is C25H22. The van der Waals surface area contributed by atoms with Gasteiger partial charge in [-0.1, -0.05) is 72.8 Å². The summed E-state index contributed by atoms with van der Waals surface area (Å²) in [6.45, 7) is 6.45. The summed E-state index contributed by atoms with van der Waals surface area (Å²) in [5, 5.41) is 7.98. The Morgan fingerprint density at radius 3 is 1.64 bits per heavy atom. The Balaban J connectivity index is 2.14. The molecule has 122 valence electrons. The van der Waals surface area contributed by atoms with Crippen molar-refractivity contribution in [3.05, 3.63) is 90.0 Å². The molecule has 0 saturated heterocycles. The molecular weight excluding hydrogens is 300 g/mol. The van der Waals surface area contributed by atoms with Crippen molar-refractivity contribution in [2.45, 2.75) is 20.8 Å². The van der Waals surface area contributed by atoms with Gasteiger partial charge in [-0.3, -0.25) is 0 Å². The minimum Gasteiger partial charge on any atom is -0.0874 e. The molecule has 0 aliphatic heterocycles. The van der Waals surface area contributed by atoms with Crippen LogP contribution in [-0.4, -0.2) is 0 Å². The normalized spacial score (nSPS) is 13.1. The van der Waals surface area contributed by atoms with Gasteiger partial charge in [0.05, 0.1) is 0 Å². The first-order chi connectivity index (χ1) is 12.2. The fourth-order valence-corrected chi connectivity index (χ4v) is 3.74. The van der Waals surface area contributed by atoms with Crippen LogP contribution in [0.2, 0.25) is 0 Å². The van der Waals surface area contributed by atoms with E-state index in [0.29, 0.717) is 0 Å². The average molecular weight is 322 g/mol. The van der Waals surface area contributed by atoms with Gasteiger partial charge in [-0.25, -0.2) is 0 Å². The minimum absolute atomic E-state index is 1.29. The van der Waals surface area contributed by atoms with Crippen LogP contribution < -0.4 is 0 Å². The third kappa shape index (κ3) is 2.55. The Hall–Kier alpha value is -2.86. The van der Waals surface area contributed by atoms with Gasteiger partial charge in [-0.2, -0.15) is 0 Å². The number of fused-ring (bicyclic) bond motifs is 6. The maximum absolute atomic E-state index is 2.35. The van der Waals surface area contributed by atoms with Crippen LogP contribution in [0.4, 0.5) is 0 Å². The van der Waals surface area contributed by atoms with E-state index in [0.717, 1.165) is 0 Å². The number of allylic oxidation sites excluding steroid dienone is 4. The Morgan fingerprint density at radius 1 is 0.640 bits per heavy atom. The maximum atomic E-state index is 2.35. The summed E-state index contributed by atoms with van der Waals surface area (Å²) < 4.78 is 0.